The number of hydrogen-bond donors (Lipinski definition) is 0. The van der Waals surface area contributed by atoms with E-state index in [1.54, 1.807) is 30.1 Å². The minimum atomic E-state index is -0.388. The first-order chi connectivity index (χ1) is 6.34. The molecule has 4 fully saturated rings. The van der Waals surface area contributed by atoms with Crippen molar-refractivity contribution in [1.82, 2.24) is 0 Å². The maximum atomic E-state index is 2.68. The molecule has 0 aromatic heterocycles. The van der Waals surface area contributed by atoms with Crippen LogP contribution in [-0.2, 0) is 0 Å². The second kappa shape index (κ2) is 2.45. The normalized spacial score (nSPS) is 64.8. The van der Waals surface area contributed by atoms with Gasteiger partial charge in [-0.3, -0.25) is 0 Å². The quantitative estimate of drug-likeness (QED) is 0.365. The van der Waals surface area contributed by atoms with Crippen molar-refractivity contribution in [1.29, 1.82) is 0 Å². The first-order valence-electron chi connectivity index (χ1n) is 5.89. The van der Waals surface area contributed by atoms with Gasteiger partial charge in [0.25, 0.3) is 0 Å². The van der Waals surface area contributed by atoms with Crippen molar-refractivity contribution in [2.24, 2.45) is 29.6 Å². The van der Waals surface area contributed by atoms with Crippen molar-refractivity contribution in [3.63, 3.8) is 0 Å². The summed E-state index contributed by atoms with van der Waals surface area (Å²) < 4.78 is 3.08. The van der Waals surface area contributed by atoms with Crippen LogP contribution in [0.15, 0.2) is 0 Å². The molecule has 1 aliphatic heterocycles. The SMILES string of the molecule is CI1CC2CC1C1C3CCC(C3)C21. The second-order valence-corrected chi connectivity index (χ2v) is 11.9. The minimum absolute atomic E-state index is 0.388. The van der Waals surface area contributed by atoms with Crippen LogP contribution in [-0.4, -0.2) is 13.3 Å². The van der Waals surface area contributed by atoms with E-state index >= 15 is 0 Å². The molecule has 0 spiro atoms. The van der Waals surface area contributed by atoms with Gasteiger partial charge in [0.05, 0.1) is 0 Å². The number of rotatable bonds is 0. The van der Waals surface area contributed by atoms with E-state index in [4.69, 9.17) is 0 Å². The Bertz CT molecular complexity index is 250. The van der Waals surface area contributed by atoms with Gasteiger partial charge in [0.15, 0.2) is 0 Å². The van der Waals surface area contributed by atoms with Gasteiger partial charge in [-0.05, 0) is 0 Å². The Balaban J connectivity index is 1.75. The van der Waals surface area contributed by atoms with E-state index in [0.29, 0.717) is 0 Å². The predicted octanol–water partition coefficient (Wildman–Crippen LogP) is 3.19. The van der Waals surface area contributed by atoms with E-state index in [1.165, 1.54) is 33.5 Å². The van der Waals surface area contributed by atoms with Crippen LogP contribution >= 0.6 is 19.8 Å². The number of alkyl halides is 3. The van der Waals surface area contributed by atoms with Crippen LogP contribution in [0.2, 0.25) is 0 Å². The summed E-state index contributed by atoms with van der Waals surface area (Å²) in [5, 5.41) is 0. The van der Waals surface area contributed by atoms with Gasteiger partial charge < -0.3 is 0 Å². The zero-order chi connectivity index (χ0) is 8.58. The van der Waals surface area contributed by atoms with Gasteiger partial charge >= 0.3 is 88.4 Å². The van der Waals surface area contributed by atoms with Gasteiger partial charge in [0, 0.05) is 0 Å². The van der Waals surface area contributed by atoms with Crippen LogP contribution in [0.1, 0.15) is 25.7 Å². The van der Waals surface area contributed by atoms with Crippen LogP contribution in [0, 0.1) is 29.6 Å². The summed E-state index contributed by atoms with van der Waals surface area (Å²) in [6.07, 6.45) is 6.60. The van der Waals surface area contributed by atoms with E-state index < -0.39 is 0 Å². The summed E-state index contributed by atoms with van der Waals surface area (Å²) in [7, 11) is 0. The molecule has 4 bridgehead atoms. The molecule has 0 aromatic carbocycles. The molecule has 13 heavy (non-hydrogen) atoms. The molecule has 1 heterocycles. The fraction of sp³-hybridized carbons (Fsp3) is 1.00. The van der Waals surface area contributed by atoms with Crippen LogP contribution in [0.5, 0.6) is 0 Å². The summed E-state index contributed by atoms with van der Waals surface area (Å²) >= 11 is -0.388. The average Bonchev–Trinajstić information content (AvgIpc) is 2.78. The zero-order valence-electron chi connectivity index (χ0n) is 8.38. The van der Waals surface area contributed by atoms with Gasteiger partial charge in [-0.25, -0.2) is 0 Å². The number of fused-ring (bicyclic) bond motifs is 9. The summed E-state index contributed by atoms with van der Waals surface area (Å²) in [5.41, 5.74) is 0. The summed E-state index contributed by atoms with van der Waals surface area (Å²) in [6, 6.07) is 0. The molecule has 0 aromatic rings. The molecule has 0 radical (unpaired) electrons. The molecular weight excluding hydrogens is 271 g/mol. The monoisotopic (exact) mass is 290 g/mol. The maximum absolute atomic E-state index is 2.68. The van der Waals surface area contributed by atoms with Crippen molar-refractivity contribution in [3.8, 4) is 0 Å². The number of hydrogen-bond acceptors (Lipinski definition) is 0. The van der Waals surface area contributed by atoms with Gasteiger partial charge in [0.2, 0.25) is 0 Å². The van der Waals surface area contributed by atoms with Gasteiger partial charge in [0.1, 0.15) is 0 Å². The van der Waals surface area contributed by atoms with Crippen molar-refractivity contribution in [2.45, 2.75) is 29.6 Å². The third-order valence-electron chi connectivity index (χ3n) is 5.46. The fourth-order valence-corrected chi connectivity index (χ4v) is 12.6. The molecule has 4 aliphatic rings. The molecule has 74 valence electrons. The first-order valence-corrected chi connectivity index (χ1v) is 10.8. The van der Waals surface area contributed by atoms with Gasteiger partial charge in [-0.2, -0.15) is 0 Å². The Morgan fingerprint density at radius 2 is 1.69 bits per heavy atom. The van der Waals surface area contributed by atoms with Crippen LogP contribution in [0.3, 0.4) is 0 Å². The molecule has 0 nitrogen and oxygen atoms in total. The van der Waals surface area contributed by atoms with Crippen molar-refractivity contribution >= 4 is 19.8 Å². The molecule has 4 rings (SSSR count). The average molecular weight is 290 g/mol. The fourth-order valence-electron chi connectivity index (χ4n) is 5.21. The molecular formula is C12H19I. The molecule has 3 aliphatic carbocycles. The Hall–Kier alpha value is 0.730. The first kappa shape index (κ1) is 7.95. The second-order valence-electron chi connectivity index (χ2n) is 5.79. The summed E-state index contributed by atoms with van der Waals surface area (Å²) in [5.74, 6) is 6.24. The Labute approximate surface area is 88.2 Å². The zero-order valence-corrected chi connectivity index (χ0v) is 10.5. The van der Waals surface area contributed by atoms with Crippen molar-refractivity contribution < 1.29 is 0 Å². The van der Waals surface area contributed by atoms with E-state index in [-0.39, 0.29) is 19.8 Å². The standard InChI is InChI=1S/C12H19I/c1-13-6-9-5-10(13)12-8-3-2-7(4-8)11(9)12/h7-12H,2-6H2,1H3. The van der Waals surface area contributed by atoms with E-state index in [1.807, 2.05) is 0 Å². The summed E-state index contributed by atoms with van der Waals surface area (Å²) in [4.78, 5) is 2.68. The molecule has 1 saturated heterocycles. The van der Waals surface area contributed by atoms with Gasteiger partial charge in [-0.15, -0.1) is 0 Å². The number of halogens is 1. The van der Waals surface area contributed by atoms with Crippen molar-refractivity contribution in [2.75, 3.05) is 9.36 Å². The Morgan fingerprint density at radius 1 is 0.923 bits per heavy atom. The Morgan fingerprint density at radius 3 is 2.54 bits per heavy atom. The predicted molar refractivity (Wildman–Crippen MR) is 64.5 cm³/mol. The van der Waals surface area contributed by atoms with E-state index in [2.05, 4.69) is 4.93 Å². The van der Waals surface area contributed by atoms with Gasteiger partial charge in [-0.1, -0.05) is 0 Å². The van der Waals surface area contributed by atoms with Crippen LogP contribution in [0.4, 0.5) is 0 Å². The summed E-state index contributed by atoms with van der Waals surface area (Å²) in [6.45, 7) is 0. The van der Waals surface area contributed by atoms with Crippen molar-refractivity contribution in [3.05, 3.63) is 0 Å². The van der Waals surface area contributed by atoms with E-state index in [9.17, 15) is 0 Å². The topological polar surface area (TPSA) is 0 Å². The Kier molecular flexibility index (Phi) is 1.50. The third kappa shape index (κ3) is 0.842. The molecule has 3 saturated carbocycles. The molecule has 6 atom stereocenters. The molecule has 6 unspecified atom stereocenters. The van der Waals surface area contributed by atoms with Crippen LogP contribution < -0.4 is 0 Å². The molecule has 0 N–H and O–H groups in total. The van der Waals surface area contributed by atoms with Crippen LogP contribution in [0.25, 0.3) is 0 Å². The third-order valence-corrected chi connectivity index (χ3v) is 12.0. The van der Waals surface area contributed by atoms with E-state index in [0.717, 1.165) is 0 Å². The molecule has 0 amide bonds. The molecule has 1 heteroatoms.